The number of aryl methyl sites for hydroxylation is 1. The molecular formula is C30H30ClN5O3. The van der Waals surface area contributed by atoms with Crippen LogP contribution in [-0.2, 0) is 13.1 Å². The highest BCUT2D eigenvalue weighted by Crippen LogP contribution is 2.36. The van der Waals surface area contributed by atoms with E-state index in [4.69, 9.17) is 21.1 Å². The van der Waals surface area contributed by atoms with Gasteiger partial charge in [-0.25, -0.2) is 0 Å². The van der Waals surface area contributed by atoms with Crippen molar-refractivity contribution in [3.05, 3.63) is 94.4 Å². The fourth-order valence-electron chi connectivity index (χ4n) is 5.15. The van der Waals surface area contributed by atoms with Crippen LogP contribution in [0.1, 0.15) is 27.2 Å². The highest BCUT2D eigenvalue weighted by Gasteiger charge is 2.24. The lowest BCUT2D eigenvalue weighted by atomic mass is 10.1. The number of hydrogen-bond acceptors (Lipinski definition) is 6. The minimum Gasteiger partial charge on any atom is -0.454 e. The van der Waals surface area contributed by atoms with E-state index in [9.17, 15) is 4.79 Å². The quantitative estimate of drug-likeness (QED) is 0.327. The van der Waals surface area contributed by atoms with Gasteiger partial charge in [-0.3, -0.25) is 19.6 Å². The lowest BCUT2D eigenvalue weighted by molar-refractivity contribution is 0.102. The molecule has 2 aromatic heterocycles. The number of aromatic amines is 1. The van der Waals surface area contributed by atoms with Crippen LogP contribution in [0.5, 0.6) is 11.5 Å². The number of piperazine rings is 1. The third-order valence-corrected chi connectivity index (χ3v) is 7.57. The molecule has 9 heteroatoms. The number of nitrogens with one attached hydrogen (secondary N) is 2. The molecule has 0 spiro atoms. The second kappa shape index (κ2) is 11.1. The monoisotopic (exact) mass is 543 g/mol. The summed E-state index contributed by atoms with van der Waals surface area (Å²) in [5.74, 6) is 1.48. The van der Waals surface area contributed by atoms with Gasteiger partial charge in [0.25, 0.3) is 5.91 Å². The van der Waals surface area contributed by atoms with E-state index >= 15 is 0 Å². The number of H-pyrrole nitrogens is 1. The van der Waals surface area contributed by atoms with E-state index in [0.29, 0.717) is 17.4 Å². The van der Waals surface area contributed by atoms with E-state index in [1.165, 1.54) is 5.56 Å². The summed E-state index contributed by atoms with van der Waals surface area (Å²) in [5, 5.41) is 3.86. The fourth-order valence-corrected chi connectivity index (χ4v) is 5.27. The minimum absolute atomic E-state index is 0.165. The fraction of sp³-hybridized carbons (Fsp3) is 0.267. The molecule has 8 nitrogen and oxygen atoms in total. The van der Waals surface area contributed by atoms with E-state index in [0.717, 1.165) is 79.0 Å². The van der Waals surface area contributed by atoms with Crippen LogP contribution >= 0.6 is 11.6 Å². The van der Waals surface area contributed by atoms with Crippen molar-refractivity contribution in [1.82, 2.24) is 19.8 Å². The number of nitrogens with zero attached hydrogens (tertiary/aromatic N) is 3. The topological polar surface area (TPSA) is 82.7 Å². The van der Waals surface area contributed by atoms with Crippen molar-refractivity contribution in [3.63, 3.8) is 0 Å². The van der Waals surface area contributed by atoms with Gasteiger partial charge in [0.05, 0.1) is 11.4 Å². The summed E-state index contributed by atoms with van der Waals surface area (Å²) in [6, 6.07) is 17.3. The Labute approximate surface area is 232 Å². The van der Waals surface area contributed by atoms with Crippen molar-refractivity contribution < 1.29 is 14.3 Å². The molecule has 0 unspecified atom stereocenters. The van der Waals surface area contributed by atoms with Crippen LogP contribution in [0.3, 0.4) is 0 Å². The summed E-state index contributed by atoms with van der Waals surface area (Å²) in [6.07, 6.45) is 3.25. The Morgan fingerprint density at radius 2 is 1.64 bits per heavy atom. The summed E-state index contributed by atoms with van der Waals surface area (Å²) >= 11 is 6.15. The van der Waals surface area contributed by atoms with Gasteiger partial charge in [-0.05, 0) is 48.9 Å². The molecule has 1 fully saturated rings. The number of fused-ring (bicyclic) bond motifs is 1. The maximum Gasteiger partial charge on any atom is 0.255 e. The molecular weight excluding hydrogens is 514 g/mol. The van der Waals surface area contributed by atoms with Crippen LogP contribution in [0.4, 0.5) is 5.69 Å². The summed E-state index contributed by atoms with van der Waals surface area (Å²) < 4.78 is 11.0. The zero-order valence-corrected chi connectivity index (χ0v) is 22.5. The van der Waals surface area contributed by atoms with E-state index in [1.54, 1.807) is 24.5 Å². The molecule has 0 aliphatic carbocycles. The molecule has 200 valence electrons. The molecule has 0 saturated carbocycles. The molecule has 2 aliphatic rings. The van der Waals surface area contributed by atoms with Crippen LogP contribution in [0.2, 0.25) is 5.02 Å². The summed E-state index contributed by atoms with van der Waals surface area (Å²) in [7, 11) is 0. The second-order valence-electron chi connectivity index (χ2n) is 9.92. The van der Waals surface area contributed by atoms with E-state index in [-0.39, 0.29) is 5.91 Å². The first kappa shape index (κ1) is 25.4. The molecule has 4 heterocycles. The van der Waals surface area contributed by atoms with Gasteiger partial charge < -0.3 is 19.8 Å². The van der Waals surface area contributed by atoms with Gasteiger partial charge in [0, 0.05) is 79.1 Å². The molecule has 2 aromatic carbocycles. The predicted molar refractivity (Wildman–Crippen MR) is 151 cm³/mol. The van der Waals surface area contributed by atoms with E-state index in [2.05, 4.69) is 44.1 Å². The average Bonchev–Trinajstić information content (AvgIpc) is 3.55. The Kier molecular flexibility index (Phi) is 7.24. The van der Waals surface area contributed by atoms with Crippen molar-refractivity contribution in [1.29, 1.82) is 0 Å². The zero-order chi connectivity index (χ0) is 26.8. The number of carbonyl (C=O) groups is 1. The Hall–Kier alpha value is -3.85. The molecule has 1 amide bonds. The standard InChI is InChI=1S/C30H30ClN5O3/c1-20-25(18-36-14-12-35(13-15-36)17-21-2-7-26-27(16-21)39-19-38-26)29(34-30(37)23-8-10-32-11-9-23)28(33-20)22-3-5-24(31)6-4-22/h2-11,16,33H,12-15,17-19H2,1H3,(H,34,37). The van der Waals surface area contributed by atoms with Crippen LogP contribution in [0.25, 0.3) is 11.3 Å². The Bertz CT molecular complexity index is 1460. The second-order valence-corrected chi connectivity index (χ2v) is 10.4. The zero-order valence-electron chi connectivity index (χ0n) is 21.7. The summed E-state index contributed by atoms with van der Waals surface area (Å²) in [4.78, 5) is 25.6. The normalized spacial score (nSPS) is 15.4. The van der Waals surface area contributed by atoms with Crippen molar-refractivity contribution in [3.8, 4) is 22.8 Å². The third-order valence-electron chi connectivity index (χ3n) is 7.32. The van der Waals surface area contributed by atoms with Crippen molar-refractivity contribution in [2.24, 2.45) is 0 Å². The van der Waals surface area contributed by atoms with Crippen LogP contribution in [0.15, 0.2) is 67.0 Å². The smallest absolute Gasteiger partial charge is 0.255 e. The van der Waals surface area contributed by atoms with Crippen molar-refractivity contribution in [2.75, 3.05) is 38.3 Å². The SMILES string of the molecule is Cc1[nH]c(-c2ccc(Cl)cc2)c(NC(=O)c2ccncc2)c1CN1CCN(Cc2ccc3c(c2)OCO3)CC1. The lowest BCUT2D eigenvalue weighted by Gasteiger charge is -2.35. The van der Waals surface area contributed by atoms with E-state index in [1.807, 2.05) is 30.3 Å². The average molecular weight is 544 g/mol. The predicted octanol–water partition coefficient (Wildman–Crippen LogP) is 5.34. The number of halogens is 1. The summed E-state index contributed by atoms with van der Waals surface area (Å²) in [6.45, 7) is 7.75. The van der Waals surface area contributed by atoms with Crippen molar-refractivity contribution in [2.45, 2.75) is 20.0 Å². The van der Waals surface area contributed by atoms with Crippen LogP contribution < -0.4 is 14.8 Å². The maximum absolute atomic E-state index is 13.2. The van der Waals surface area contributed by atoms with Crippen LogP contribution in [-0.4, -0.2) is 58.6 Å². The molecule has 2 N–H and O–H groups in total. The first-order valence-electron chi connectivity index (χ1n) is 13.1. The molecule has 39 heavy (non-hydrogen) atoms. The number of benzene rings is 2. The molecule has 0 bridgehead atoms. The summed E-state index contributed by atoms with van der Waals surface area (Å²) in [5.41, 5.74) is 6.56. The van der Waals surface area contributed by atoms with Gasteiger partial charge in [-0.15, -0.1) is 0 Å². The van der Waals surface area contributed by atoms with Crippen LogP contribution in [0, 0.1) is 6.92 Å². The van der Waals surface area contributed by atoms with Gasteiger partial charge in [0.15, 0.2) is 11.5 Å². The lowest BCUT2D eigenvalue weighted by Crippen LogP contribution is -2.45. The number of pyridine rings is 1. The number of rotatable bonds is 7. The Morgan fingerprint density at radius 1 is 0.949 bits per heavy atom. The van der Waals surface area contributed by atoms with Gasteiger partial charge in [-0.1, -0.05) is 29.8 Å². The highest BCUT2D eigenvalue weighted by atomic mass is 35.5. The number of anilines is 1. The van der Waals surface area contributed by atoms with Gasteiger partial charge in [-0.2, -0.15) is 0 Å². The first-order chi connectivity index (χ1) is 19.0. The minimum atomic E-state index is -0.165. The number of aromatic nitrogens is 2. The van der Waals surface area contributed by atoms with Crippen molar-refractivity contribution >= 4 is 23.2 Å². The van der Waals surface area contributed by atoms with Gasteiger partial charge >= 0.3 is 0 Å². The number of ether oxygens (including phenoxy) is 2. The first-order valence-corrected chi connectivity index (χ1v) is 13.4. The molecule has 0 radical (unpaired) electrons. The Morgan fingerprint density at radius 3 is 2.38 bits per heavy atom. The number of amides is 1. The molecule has 0 atom stereocenters. The maximum atomic E-state index is 13.2. The van der Waals surface area contributed by atoms with E-state index < -0.39 is 0 Å². The number of hydrogen-bond donors (Lipinski definition) is 2. The molecule has 4 aromatic rings. The van der Waals surface area contributed by atoms with Gasteiger partial charge in [0.2, 0.25) is 6.79 Å². The largest absolute Gasteiger partial charge is 0.454 e. The molecule has 6 rings (SSSR count). The molecule has 1 saturated heterocycles. The highest BCUT2D eigenvalue weighted by molar-refractivity contribution is 6.30. The van der Waals surface area contributed by atoms with Gasteiger partial charge in [0.1, 0.15) is 0 Å². The number of carbonyl (C=O) groups excluding carboxylic acids is 1. The molecule has 2 aliphatic heterocycles. The Balaban J connectivity index is 1.18. The third kappa shape index (κ3) is 5.63.